The Labute approximate surface area is 114 Å². The fourth-order valence-electron chi connectivity index (χ4n) is 1.87. The molecule has 0 fully saturated rings. The topological polar surface area (TPSA) is 38.8 Å². The highest BCUT2D eigenvalue weighted by Crippen LogP contribution is 2.31. The summed E-state index contributed by atoms with van der Waals surface area (Å²) in [6.07, 6.45) is 0. The van der Waals surface area contributed by atoms with E-state index < -0.39 is 0 Å². The number of carbonyl (C=O) groups excluding carboxylic acids is 1. The average Bonchev–Trinajstić information content (AvgIpc) is 2.36. The summed E-state index contributed by atoms with van der Waals surface area (Å²) in [6.45, 7) is 6.25. The van der Waals surface area contributed by atoms with Crippen molar-refractivity contribution >= 4 is 5.78 Å². The van der Waals surface area contributed by atoms with Crippen molar-refractivity contribution in [3.63, 3.8) is 0 Å². The van der Waals surface area contributed by atoms with E-state index in [1.165, 1.54) is 0 Å². The molecule has 4 heteroatoms. The summed E-state index contributed by atoms with van der Waals surface area (Å²) in [6, 6.07) is 3.51. The smallest absolute Gasteiger partial charge is 0.190 e. The molecule has 19 heavy (non-hydrogen) atoms. The molecule has 0 aliphatic rings. The summed E-state index contributed by atoms with van der Waals surface area (Å²) >= 11 is 0. The van der Waals surface area contributed by atoms with Crippen LogP contribution in [0.4, 0.5) is 0 Å². The van der Waals surface area contributed by atoms with Crippen molar-refractivity contribution in [1.29, 1.82) is 0 Å². The van der Waals surface area contributed by atoms with Gasteiger partial charge in [-0.1, -0.05) is 6.58 Å². The summed E-state index contributed by atoms with van der Waals surface area (Å²) < 4.78 is 10.4. The standard InChI is InChI=1S/C15H21NO3/c1-10-7-13(18-5)14(19-6)8-12(10)15(17)11(2)9-16(3)4/h7-8H,2,9H2,1,3-6H3. The van der Waals surface area contributed by atoms with Crippen molar-refractivity contribution in [2.24, 2.45) is 0 Å². The maximum Gasteiger partial charge on any atom is 0.190 e. The third kappa shape index (κ3) is 3.58. The molecule has 0 saturated carbocycles. The van der Waals surface area contributed by atoms with Crippen LogP contribution in [0.2, 0.25) is 0 Å². The van der Waals surface area contributed by atoms with Crippen LogP contribution in [0.5, 0.6) is 11.5 Å². The second kappa shape index (κ2) is 6.38. The molecule has 0 bridgehead atoms. The van der Waals surface area contributed by atoms with E-state index in [0.29, 0.717) is 29.2 Å². The molecule has 1 aromatic rings. The minimum absolute atomic E-state index is 0.0628. The van der Waals surface area contributed by atoms with Gasteiger partial charge in [-0.15, -0.1) is 0 Å². The first-order valence-electron chi connectivity index (χ1n) is 6.00. The lowest BCUT2D eigenvalue weighted by atomic mass is 9.99. The normalized spacial score (nSPS) is 10.4. The van der Waals surface area contributed by atoms with Gasteiger partial charge in [-0.25, -0.2) is 0 Å². The maximum absolute atomic E-state index is 12.3. The predicted octanol–water partition coefficient (Wildman–Crippen LogP) is 2.31. The lowest BCUT2D eigenvalue weighted by Gasteiger charge is -2.15. The Kier molecular flexibility index (Phi) is 5.12. The number of rotatable bonds is 6. The van der Waals surface area contributed by atoms with E-state index in [-0.39, 0.29) is 5.78 Å². The summed E-state index contributed by atoms with van der Waals surface area (Å²) in [5.74, 6) is 1.11. The van der Waals surface area contributed by atoms with Gasteiger partial charge in [0.25, 0.3) is 0 Å². The third-order valence-electron chi connectivity index (χ3n) is 2.80. The monoisotopic (exact) mass is 263 g/mol. The molecule has 1 aromatic carbocycles. The number of carbonyl (C=O) groups is 1. The molecule has 0 aliphatic carbocycles. The second-order valence-corrected chi connectivity index (χ2v) is 4.69. The molecule has 1 rings (SSSR count). The summed E-state index contributed by atoms with van der Waals surface area (Å²) in [7, 11) is 6.93. The highest BCUT2D eigenvalue weighted by Gasteiger charge is 2.17. The average molecular weight is 263 g/mol. The molecule has 104 valence electrons. The van der Waals surface area contributed by atoms with Crippen molar-refractivity contribution in [2.45, 2.75) is 6.92 Å². The predicted molar refractivity (Wildman–Crippen MR) is 76.3 cm³/mol. The van der Waals surface area contributed by atoms with Crippen LogP contribution in [0.1, 0.15) is 15.9 Å². The van der Waals surface area contributed by atoms with E-state index in [0.717, 1.165) is 5.56 Å². The van der Waals surface area contributed by atoms with Crippen molar-refractivity contribution in [3.05, 3.63) is 35.4 Å². The van der Waals surface area contributed by atoms with Gasteiger partial charge in [0.1, 0.15) is 0 Å². The zero-order valence-electron chi connectivity index (χ0n) is 12.2. The molecular weight excluding hydrogens is 242 g/mol. The Morgan fingerprint density at radius 2 is 1.74 bits per heavy atom. The molecule has 4 nitrogen and oxygen atoms in total. The molecule has 0 saturated heterocycles. The van der Waals surface area contributed by atoms with Gasteiger partial charge < -0.3 is 14.4 Å². The number of Topliss-reactive ketones (excluding diaryl/α,β-unsaturated/α-hetero) is 1. The Morgan fingerprint density at radius 1 is 1.21 bits per heavy atom. The van der Waals surface area contributed by atoms with Crippen LogP contribution in [0.3, 0.4) is 0 Å². The van der Waals surface area contributed by atoms with Gasteiger partial charge in [-0.05, 0) is 38.7 Å². The Morgan fingerprint density at radius 3 is 2.21 bits per heavy atom. The molecule has 0 atom stereocenters. The number of hydrogen-bond acceptors (Lipinski definition) is 4. The molecular formula is C15H21NO3. The van der Waals surface area contributed by atoms with E-state index >= 15 is 0 Å². The number of hydrogen-bond donors (Lipinski definition) is 0. The third-order valence-corrected chi connectivity index (χ3v) is 2.80. The molecule has 0 heterocycles. The van der Waals surface area contributed by atoms with Crippen molar-refractivity contribution in [1.82, 2.24) is 4.90 Å². The number of nitrogens with zero attached hydrogens (tertiary/aromatic N) is 1. The fraction of sp³-hybridized carbons (Fsp3) is 0.400. The van der Waals surface area contributed by atoms with Crippen LogP contribution in [0.15, 0.2) is 24.3 Å². The summed E-state index contributed by atoms with van der Waals surface area (Å²) in [4.78, 5) is 14.3. The van der Waals surface area contributed by atoms with Crippen LogP contribution < -0.4 is 9.47 Å². The van der Waals surface area contributed by atoms with Crippen LogP contribution in [0.25, 0.3) is 0 Å². The van der Waals surface area contributed by atoms with Gasteiger partial charge in [0.05, 0.1) is 14.2 Å². The van der Waals surface area contributed by atoms with Crippen molar-refractivity contribution in [3.8, 4) is 11.5 Å². The largest absolute Gasteiger partial charge is 0.493 e. The molecule has 0 aliphatic heterocycles. The number of likely N-dealkylation sites (N-methyl/N-ethyl adjacent to an activating group) is 1. The lowest BCUT2D eigenvalue weighted by molar-refractivity contribution is 0.102. The van der Waals surface area contributed by atoms with Crippen LogP contribution >= 0.6 is 0 Å². The van der Waals surface area contributed by atoms with E-state index in [1.807, 2.05) is 25.9 Å². The highest BCUT2D eigenvalue weighted by molar-refractivity contribution is 6.09. The van der Waals surface area contributed by atoms with E-state index in [1.54, 1.807) is 26.4 Å². The number of benzene rings is 1. The number of ketones is 1. The van der Waals surface area contributed by atoms with E-state index in [9.17, 15) is 4.79 Å². The minimum Gasteiger partial charge on any atom is -0.493 e. The van der Waals surface area contributed by atoms with Crippen molar-refractivity contribution < 1.29 is 14.3 Å². The first-order valence-corrected chi connectivity index (χ1v) is 6.00. The summed E-state index contributed by atoms with van der Waals surface area (Å²) in [5, 5.41) is 0. The highest BCUT2D eigenvalue weighted by atomic mass is 16.5. The minimum atomic E-state index is -0.0628. The SMILES string of the molecule is C=C(CN(C)C)C(=O)c1cc(OC)c(OC)cc1C. The van der Waals surface area contributed by atoms with Gasteiger partial charge >= 0.3 is 0 Å². The molecule has 0 N–H and O–H groups in total. The zero-order valence-corrected chi connectivity index (χ0v) is 12.2. The maximum atomic E-state index is 12.3. The fourth-order valence-corrected chi connectivity index (χ4v) is 1.87. The summed E-state index contributed by atoms with van der Waals surface area (Å²) in [5.41, 5.74) is 2.01. The zero-order chi connectivity index (χ0) is 14.6. The van der Waals surface area contributed by atoms with Crippen LogP contribution in [-0.2, 0) is 0 Å². The number of methoxy groups -OCH3 is 2. The molecule has 0 unspecified atom stereocenters. The van der Waals surface area contributed by atoms with Gasteiger partial charge in [0, 0.05) is 17.7 Å². The Hall–Kier alpha value is -1.81. The molecule has 0 radical (unpaired) electrons. The van der Waals surface area contributed by atoms with Gasteiger partial charge in [0.15, 0.2) is 17.3 Å². The first-order chi connectivity index (χ1) is 8.90. The quantitative estimate of drug-likeness (QED) is 0.583. The second-order valence-electron chi connectivity index (χ2n) is 4.69. The van der Waals surface area contributed by atoms with E-state index in [2.05, 4.69) is 6.58 Å². The number of ether oxygens (including phenoxy) is 2. The van der Waals surface area contributed by atoms with Gasteiger partial charge in [-0.3, -0.25) is 4.79 Å². The Bertz CT molecular complexity index is 492. The van der Waals surface area contributed by atoms with E-state index in [4.69, 9.17) is 9.47 Å². The molecule has 0 spiro atoms. The first kappa shape index (κ1) is 15.2. The van der Waals surface area contributed by atoms with Crippen molar-refractivity contribution in [2.75, 3.05) is 34.9 Å². The van der Waals surface area contributed by atoms with Gasteiger partial charge in [-0.2, -0.15) is 0 Å². The van der Waals surface area contributed by atoms with Gasteiger partial charge in [0.2, 0.25) is 0 Å². The molecule has 0 amide bonds. The Balaban J connectivity index is 3.13. The molecule has 0 aromatic heterocycles. The lowest BCUT2D eigenvalue weighted by Crippen LogP contribution is -2.19. The van der Waals surface area contributed by atoms with Crippen LogP contribution in [0, 0.1) is 6.92 Å². The number of aryl methyl sites for hydroxylation is 1. The van der Waals surface area contributed by atoms with Crippen LogP contribution in [-0.4, -0.2) is 45.5 Å².